The zero-order chi connectivity index (χ0) is 21.3. The number of hydrogen-bond acceptors (Lipinski definition) is 4. The van der Waals surface area contributed by atoms with E-state index < -0.39 is 0 Å². The van der Waals surface area contributed by atoms with Gasteiger partial charge in [-0.3, -0.25) is 9.59 Å². The topological polar surface area (TPSA) is 75.4 Å². The van der Waals surface area contributed by atoms with Crippen LogP contribution in [0.3, 0.4) is 0 Å². The average Bonchev–Trinajstić information content (AvgIpc) is 3.32. The molecule has 0 aliphatic carbocycles. The van der Waals surface area contributed by atoms with Gasteiger partial charge in [-0.15, -0.1) is 0 Å². The van der Waals surface area contributed by atoms with Gasteiger partial charge in [-0.25, -0.2) is 0 Å². The zero-order valence-corrected chi connectivity index (χ0v) is 17.8. The van der Waals surface area contributed by atoms with Crippen LogP contribution in [-0.2, 0) is 11.3 Å². The number of nitrogens with one attached hydrogen (secondary N) is 1. The number of carbonyl (C=O) groups excluding carboxylic acids is 2. The van der Waals surface area contributed by atoms with Crippen molar-refractivity contribution in [3.8, 4) is 11.3 Å². The molecule has 8 heteroatoms. The first kappa shape index (κ1) is 20.4. The second-order valence-corrected chi connectivity index (χ2v) is 7.87. The molecular weight excluding hydrogens is 425 g/mol. The minimum Gasteiger partial charge on any atom is -0.360 e. The number of aryl methyl sites for hydroxylation is 1. The molecule has 6 nitrogen and oxygen atoms in total. The zero-order valence-electron chi connectivity index (χ0n) is 16.2. The van der Waals surface area contributed by atoms with Gasteiger partial charge in [0.15, 0.2) is 0 Å². The molecule has 2 heterocycles. The van der Waals surface area contributed by atoms with Gasteiger partial charge in [0.05, 0.1) is 10.0 Å². The molecule has 0 unspecified atom stereocenters. The number of anilines is 1. The number of aromatic nitrogens is 1. The van der Waals surface area contributed by atoms with E-state index in [0.29, 0.717) is 33.5 Å². The number of amides is 2. The van der Waals surface area contributed by atoms with Crippen molar-refractivity contribution in [2.75, 3.05) is 11.4 Å². The van der Waals surface area contributed by atoms with Crippen LogP contribution >= 0.6 is 23.2 Å². The first-order valence-electron chi connectivity index (χ1n) is 9.54. The Hall–Kier alpha value is -2.83. The molecule has 0 atom stereocenters. The van der Waals surface area contributed by atoms with Gasteiger partial charge >= 0.3 is 0 Å². The van der Waals surface area contributed by atoms with E-state index in [2.05, 4.69) is 10.5 Å². The van der Waals surface area contributed by atoms with Crippen LogP contribution in [-0.4, -0.2) is 23.5 Å². The maximum Gasteiger partial charge on any atom is 0.257 e. The first-order chi connectivity index (χ1) is 14.5. The SMILES string of the molecule is Cc1onc(-c2c(Cl)cccc2Cl)c1C(=O)NCc1cccc(N2CCCC2=O)c1. The summed E-state index contributed by atoms with van der Waals surface area (Å²) >= 11 is 12.6. The van der Waals surface area contributed by atoms with Crippen LogP contribution in [0.4, 0.5) is 5.69 Å². The second-order valence-electron chi connectivity index (χ2n) is 7.06. The van der Waals surface area contributed by atoms with Crippen LogP contribution in [0.2, 0.25) is 10.0 Å². The van der Waals surface area contributed by atoms with E-state index >= 15 is 0 Å². The summed E-state index contributed by atoms with van der Waals surface area (Å²) in [6.07, 6.45) is 1.43. The van der Waals surface area contributed by atoms with Gasteiger partial charge in [-0.2, -0.15) is 0 Å². The van der Waals surface area contributed by atoms with E-state index in [1.807, 2.05) is 24.3 Å². The number of halogens is 2. The summed E-state index contributed by atoms with van der Waals surface area (Å²) in [5, 5.41) is 7.67. The van der Waals surface area contributed by atoms with Crippen molar-refractivity contribution in [3.05, 3.63) is 69.4 Å². The largest absolute Gasteiger partial charge is 0.360 e. The standard InChI is InChI=1S/C22H19Cl2N3O3/c1-13-19(21(26-30-13)20-16(23)7-3-8-17(20)24)22(29)25-12-14-5-2-6-15(11-14)27-10-4-9-18(27)28/h2-3,5-8,11H,4,9-10,12H2,1H3,(H,25,29). The highest BCUT2D eigenvalue weighted by atomic mass is 35.5. The number of hydrogen-bond donors (Lipinski definition) is 1. The molecule has 1 fully saturated rings. The third-order valence-electron chi connectivity index (χ3n) is 5.04. The lowest BCUT2D eigenvalue weighted by atomic mass is 10.1. The van der Waals surface area contributed by atoms with Crippen LogP contribution < -0.4 is 10.2 Å². The lowest BCUT2D eigenvalue weighted by Gasteiger charge is -2.16. The van der Waals surface area contributed by atoms with Gasteiger partial charge in [0.2, 0.25) is 5.91 Å². The summed E-state index contributed by atoms with van der Waals surface area (Å²) in [7, 11) is 0. The van der Waals surface area contributed by atoms with Crippen LogP contribution in [0.15, 0.2) is 47.0 Å². The maximum atomic E-state index is 12.9. The molecule has 0 radical (unpaired) electrons. The molecule has 0 saturated carbocycles. The Balaban J connectivity index is 1.55. The average molecular weight is 444 g/mol. The van der Waals surface area contributed by atoms with Crippen molar-refractivity contribution in [2.24, 2.45) is 0 Å². The van der Waals surface area contributed by atoms with E-state index in [-0.39, 0.29) is 23.9 Å². The van der Waals surface area contributed by atoms with Crippen molar-refractivity contribution in [2.45, 2.75) is 26.3 Å². The first-order valence-corrected chi connectivity index (χ1v) is 10.3. The van der Waals surface area contributed by atoms with Gasteiger partial charge < -0.3 is 14.7 Å². The number of carbonyl (C=O) groups is 2. The highest BCUT2D eigenvalue weighted by molar-refractivity contribution is 6.39. The molecule has 0 spiro atoms. The summed E-state index contributed by atoms with van der Waals surface area (Å²) in [4.78, 5) is 26.7. The Kier molecular flexibility index (Phi) is 5.79. The third kappa shape index (κ3) is 3.93. The summed E-state index contributed by atoms with van der Waals surface area (Å²) in [6, 6.07) is 12.7. The van der Waals surface area contributed by atoms with Crippen molar-refractivity contribution in [1.82, 2.24) is 10.5 Å². The van der Waals surface area contributed by atoms with Crippen LogP contribution in [0, 0.1) is 6.92 Å². The van der Waals surface area contributed by atoms with Crippen LogP contribution in [0.1, 0.15) is 34.5 Å². The van der Waals surface area contributed by atoms with E-state index in [9.17, 15) is 9.59 Å². The molecule has 2 amide bonds. The van der Waals surface area contributed by atoms with E-state index in [1.165, 1.54) is 0 Å². The predicted octanol–water partition coefficient (Wildman–Crippen LogP) is 5.01. The van der Waals surface area contributed by atoms with Crippen molar-refractivity contribution in [1.29, 1.82) is 0 Å². The molecule has 1 aromatic heterocycles. The molecule has 3 aromatic rings. The Bertz CT molecular complexity index is 1110. The second kappa shape index (κ2) is 8.50. The Morgan fingerprint density at radius 3 is 2.63 bits per heavy atom. The lowest BCUT2D eigenvalue weighted by Crippen LogP contribution is -2.25. The predicted molar refractivity (Wildman–Crippen MR) is 116 cm³/mol. The van der Waals surface area contributed by atoms with Gasteiger partial charge in [0, 0.05) is 30.8 Å². The number of benzene rings is 2. The van der Waals surface area contributed by atoms with Gasteiger partial charge in [0.25, 0.3) is 5.91 Å². The minimum atomic E-state index is -0.345. The van der Waals surface area contributed by atoms with E-state index in [0.717, 1.165) is 24.2 Å². The van der Waals surface area contributed by atoms with Crippen LogP contribution in [0.25, 0.3) is 11.3 Å². The smallest absolute Gasteiger partial charge is 0.257 e. The normalized spacial score (nSPS) is 13.7. The quantitative estimate of drug-likeness (QED) is 0.600. The summed E-state index contributed by atoms with van der Waals surface area (Å²) in [5.41, 5.74) is 2.77. The molecule has 0 bridgehead atoms. The number of nitrogens with zero attached hydrogens (tertiary/aromatic N) is 2. The summed E-state index contributed by atoms with van der Waals surface area (Å²) in [5.74, 6) is 0.148. The molecule has 1 aliphatic heterocycles. The van der Waals surface area contributed by atoms with Crippen LogP contribution in [0.5, 0.6) is 0 Å². The van der Waals surface area contributed by atoms with Gasteiger partial charge in [-0.1, -0.05) is 46.6 Å². The molecule has 1 aliphatic rings. The Morgan fingerprint density at radius 2 is 1.93 bits per heavy atom. The van der Waals surface area contributed by atoms with Crippen molar-refractivity contribution < 1.29 is 14.1 Å². The lowest BCUT2D eigenvalue weighted by molar-refractivity contribution is -0.117. The summed E-state index contributed by atoms with van der Waals surface area (Å²) in [6.45, 7) is 2.67. The number of rotatable bonds is 5. The maximum absolute atomic E-state index is 12.9. The molecule has 1 N–H and O–H groups in total. The monoisotopic (exact) mass is 443 g/mol. The minimum absolute atomic E-state index is 0.123. The molecule has 154 valence electrons. The fraction of sp³-hybridized carbons (Fsp3) is 0.227. The highest BCUT2D eigenvalue weighted by Crippen LogP contribution is 2.36. The third-order valence-corrected chi connectivity index (χ3v) is 5.67. The molecule has 2 aromatic carbocycles. The molecule has 30 heavy (non-hydrogen) atoms. The fourth-order valence-corrected chi connectivity index (χ4v) is 4.14. The Morgan fingerprint density at radius 1 is 1.20 bits per heavy atom. The Labute approximate surface area is 183 Å². The van der Waals surface area contributed by atoms with Crippen molar-refractivity contribution in [3.63, 3.8) is 0 Å². The summed E-state index contributed by atoms with van der Waals surface area (Å²) < 4.78 is 5.26. The molecule has 1 saturated heterocycles. The van der Waals surface area contributed by atoms with Crippen molar-refractivity contribution >= 4 is 40.7 Å². The molecule has 4 rings (SSSR count). The fourth-order valence-electron chi connectivity index (χ4n) is 3.56. The van der Waals surface area contributed by atoms with Gasteiger partial charge in [-0.05, 0) is 43.2 Å². The van der Waals surface area contributed by atoms with Gasteiger partial charge in [0.1, 0.15) is 17.0 Å². The van der Waals surface area contributed by atoms with E-state index in [4.69, 9.17) is 27.7 Å². The highest BCUT2D eigenvalue weighted by Gasteiger charge is 2.25. The van der Waals surface area contributed by atoms with E-state index in [1.54, 1.807) is 30.0 Å². The molecular formula is C22H19Cl2N3O3.